The van der Waals surface area contributed by atoms with Crippen LogP contribution in [-0.4, -0.2) is 54.2 Å². The molecule has 0 spiro atoms. The molecule has 1 aromatic carbocycles. The van der Waals surface area contributed by atoms with Crippen molar-refractivity contribution in [2.24, 2.45) is 0 Å². The zero-order chi connectivity index (χ0) is 21.2. The van der Waals surface area contributed by atoms with Crippen molar-refractivity contribution in [3.05, 3.63) is 51.8 Å². The molecule has 0 bridgehead atoms. The van der Waals surface area contributed by atoms with Crippen LogP contribution in [0.1, 0.15) is 33.7 Å². The molecule has 0 saturated carbocycles. The average Bonchev–Trinajstić information content (AvgIpc) is 3.13. The van der Waals surface area contributed by atoms with Gasteiger partial charge in [-0.25, -0.2) is 13.2 Å². The third-order valence-corrected chi connectivity index (χ3v) is 6.93. The van der Waals surface area contributed by atoms with Gasteiger partial charge in [0.15, 0.2) is 16.4 Å². The zero-order valence-electron chi connectivity index (χ0n) is 16.1. The van der Waals surface area contributed by atoms with Gasteiger partial charge in [-0.15, -0.1) is 0 Å². The summed E-state index contributed by atoms with van der Waals surface area (Å²) in [6, 6.07) is 6.93. The second-order valence-electron chi connectivity index (χ2n) is 7.04. The highest BCUT2D eigenvalue weighted by molar-refractivity contribution is 7.91. The van der Waals surface area contributed by atoms with E-state index >= 15 is 0 Å². The molecule has 1 saturated heterocycles. The monoisotopic (exact) mass is 439 g/mol. The Morgan fingerprint density at radius 1 is 1.31 bits per heavy atom. The minimum Gasteiger partial charge on any atom is -0.452 e. The van der Waals surface area contributed by atoms with Crippen molar-refractivity contribution in [3.8, 4) is 0 Å². The van der Waals surface area contributed by atoms with Crippen LogP contribution in [0.25, 0.3) is 0 Å². The van der Waals surface area contributed by atoms with Crippen molar-refractivity contribution in [1.29, 1.82) is 0 Å². The van der Waals surface area contributed by atoms with Crippen molar-refractivity contribution in [3.63, 3.8) is 0 Å². The van der Waals surface area contributed by atoms with Crippen LogP contribution in [0.15, 0.2) is 24.3 Å². The second kappa shape index (κ2) is 8.54. The highest BCUT2D eigenvalue weighted by Crippen LogP contribution is 2.20. The summed E-state index contributed by atoms with van der Waals surface area (Å²) in [5, 5.41) is 7.57. The number of hydrogen-bond donors (Lipinski definition) is 1. The van der Waals surface area contributed by atoms with Crippen LogP contribution in [0.4, 0.5) is 0 Å². The summed E-state index contributed by atoms with van der Waals surface area (Å²) in [4.78, 5) is 24.5. The molecule has 1 aliphatic rings. The van der Waals surface area contributed by atoms with E-state index in [9.17, 15) is 18.0 Å². The number of rotatable bonds is 6. The molecule has 3 rings (SSSR count). The fraction of sp³-hybridized carbons (Fsp3) is 0.421. The lowest BCUT2D eigenvalue weighted by Gasteiger charge is -2.11. The summed E-state index contributed by atoms with van der Waals surface area (Å²) in [6.07, 6.45) is 0.370. The largest absolute Gasteiger partial charge is 0.452 e. The molecule has 0 radical (unpaired) electrons. The highest BCUT2D eigenvalue weighted by Gasteiger charge is 2.29. The molecule has 0 aliphatic carbocycles. The minimum absolute atomic E-state index is 0.0563. The Bertz CT molecular complexity index is 1050. The molecule has 8 nitrogen and oxygen atoms in total. The number of benzene rings is 1. The molecular weight excluding hydrogens is 418 g/mol. The van der Waals surface area contributed by atoms with Gasteiger partial charge in [0, 0.05) is 11.1 Å². The predicted molar refractivity (Wildman–Crippen MR) is 108 cm³/mol. The molecule has 10 heteroatoms. The molecule has 1 amide bonds. The summed E-state index contributed by atoms with van der Waals surface area (Å²) >= 11 is 6.19. The number of sulfone groups is 1. The Balaban J connectivity index is 1.61. The lowest BCUT2D eigenvalue weighted by Crippen LogP contribution is -2.38. The molecule has 29 heavy (non-hydrogen) atoms. The lowest BCUT2D eigenvalue weighted by atomic mass is 10.2. The fourth-order valence-electron chi connectivity index (χ4n) is 3.32. The van der Waals surface area contributed by atoms with E-state index < -0.39 is 34.4 Å². The SMILES string of the molecule is Cc1nn(Cc2ccccc2Cl)c(C)c1C(=O)OCC(=O)NC1CCS(=O)(=O)C1. The molecule has 1 unspecified atom stereocenters. The van der Waals surface area contributed by atoms with E-state index in [1.165, 1.54) is 0 Å². The topological polar surface area (TPSA) is 107 Å². The Kier molecular flexibility index (Phi) is 6.28. The van der Waals surface area contributed by atoms with Gasteiger partial charge in [0.2, 0.25) is 0 Å². The van der Waals surface area contributed by atoms with Crippen LogP contribution in [0.2, 0.25) is 5.02 Å². The minimum atomic E-state index is -3.10. The summed E-state index contributed by atoms with van der Waals surface area (Å²) in [6.45, 7) is 3.35. The molecule has 1 aliphatic heterocycles. The highest BCUT2D eigenvalue weighted by atomic mass is 35.5. The van der Waals surface area contributed by atoms with E-state index in [2.05, 4.69) is 10.4 Å². The molecule has 1 N–H and O–H groups in total. The number of carbonyl (C=O) groups is 2. The van der Waals surface area contributed by atoms with Gasteiger partial charge in [-0.05, 0) is 31.9 Å². The molecule has 1 aromatic heterocycles. The first kappa shape index (κ1) is 21.3. The Morgan fingerprint density at radius 2 is 2.03 bits per heavy atom. The molecule has 1 atom stereocenters. The van der Waals surface area contributed by atoms with Crippen molar-refractivity contribution >= 4 is 33.3 Å². The van der Waals surface area contributed by atoms with Crippen LogP contribution in [0, 0.1) is 13.8 Å². The number of ether oxygens (including phenoxy) is 1. The van der Waals surface area contributed by atoms with Crippen LogP contribution in [0.3, 0.4) is 0 Å². The smallest absolute Gasteiger partial charge is 0.342 e. The number of aromatic nitrogens is 2. The third-order valence-electron chi connectivity index (χ3n) is 4.80. The van der Waals surface area contributed by atoms with E-state index in [-0.39, 0.29) is 11.5 Å². The normalized spacial score (nSPS) is 17.8. The number of nitrogens with one attached hydrogen (secondary N) is 1. The number of carbonyl (C=O) groups excluding carboxylic acids is 2. The van der Waals surface area contributed by atoms with Crippen molar-refractivity contribution < 1.29 is 22.7 Å². The average molecular weight is 440 g/mol. The Morgan fingerprint density at radius 3 is 2.69 bits per heavy atom. The van der Waals surface area contributed by atoms with Gasteiger partial charge in [-0.3, -0.25) is 9.48 Å². The summed E-state index contributed by atoms with van der Waals surface area (Å²) in [5.41, 5.74) is 2.26. The van der Waals surface area contributed by atoms with Gasteiger partial charge in [0.1, 0.15) is 5.56 Å². The summed E-state index contributed by atoms with van der Waals surface area (Å²) in [7, 11) is -3.10. The summed E-state index contributed by atoms with van der Waals surface area (Å²) < 4.78 is 29.7. The van der Waals surface area contributed by atoms with Gasteiger partial charge in [0.25, 0.3) is 5.91 Å². The van der Waals surface area contributed by atoms with Crippen molar-refractivity contribution in [1.82, 2.24) is 15.1 Å². The van der Waals surface area contributed by atoms with Crippen LogP contribution < -0.4 is 5.32 Å². The molecular formula is C19H22ClN3O5S. The van der Waals surface area contributed by atoms with E-state index in [1.54, 1.807) is 24.6 Å². The van der Waals surface area contributed by atoms with E-state index in [0.29, 0.717) is 34.9 Å². The Hall–Kier alpha value is -2.39. The predicted octanol–water partition coefficient (Wildman–Crippen LogP) is 1.66. The fourth-order valence-corrected chi connectivity index (χ4v) is 5.18. The van der Waals surface area contributed by atoms with Gasteiger partial charge in [0.05, 0.1) is 29.4 Å². The van der Waals surface area contributed by atoms with Gasteiger partial charge < -0.3 is 10.1 Å². The maximum atomic E-state index is 12.5. The molecule has 1 fully saturated rings. The first-order chi connectivity index (χ1) is 13.7. The number of esters is 1. The van der Waals surface area contributed by atoms with Gasteiger partial charge in [-0.1, -0.05) is 29.8 Å². The van der Waals surface area contributed by atoms with Crippen LogP contribution >= 0.6 is 11.6 Å². The maximum Gasteiger partial charge on any atom is 0.342 e. The third kappa shape index (κ3) is 5.16. The lowest BCUT2D eigenvalue weighted by molar-refractivity contribution is -0.124. The van der Waals surface area contributed by atoms with Crippen molar-refractivity contribution in [2.75, 3.05) is 18.1 Å². The molecule has 2 heterocycles. The quantitative estimate of drug-likeness (QED) is 0.686. The standard InChI is InChI=1S/C19H22ClN3O5S/c1-12-18(13(2)23(22-12)9-14-5-3-4-6-16(14)20)19(25)28-10-17(24)21-15-7-8-29(26,27)11-15/h3-6,15H,7-11H2,1-2H3,(H,21,24). The first-order valence-corrected chi connectivity index (χ1v) is 11.3. The number of halogens is 1. The maximum absolute atomic E-state index is 12.5. The summed E-state index contributed by atoms with van der Waals surface area (Å²) in [5.74, 6) is -1.21. The van der Waals surface area contributed by atoms with Gasteiger partial charge in [-0.2, -0.15) is 5.10 Å². The number of amides is 1. The van der Waals surface area contributed by atoms with Gasteiger partial charge >= 0.3 is 5.97 Å². The molecule has 2 aromatic rings. The van der Waals surface area contributed by atoms with Crippen molar-refractivity contribution in [2.45, 2.75) is 32.9 Å². The van der Waals surface area contributed by atoms with E-state index in [0.717, 1.165) is 5.56 Å². The van der Waals surface area contributed by atoms with Crippen LogP contribution in [-0.2, 0) is 25.9 Å². The molecule has 156 valence electrons. The number of nitrogens with zero attached hydrogens (tertiary/aromatic N) is 2. The second-order valence-corrected chi connectivity index (χ2v) is 9.67. The van der Waals surface area contributed by atoms with E-state index in [4.69, 9.17) is 16.3 Å². The first-order valence-electron chi connectivity index (χ1n) is 9.10. The number of hydrogen-bond acceptors (Lipinski definition) is 6. The zero-order valence-corrected chi connectivity index (χ0v) is 17.7. The number of aryl methyl sites for hydroxylation is 1. The van der Waals surface area contributed by atoms with E-state index in [1.807, 2.05) is 18.2 Å². The Labute approximate surface area is 174 Å². The van der Waals surface area contributed by atoms with Crippen LogP contribution in [0.5, 0.6) is 0 Å².